The standard InChI is InChI=1S/C27H25N3O5/c1-19-8-5-11-21(16-19)30(24(31)18-29-26(32)23-13-7-15-35-23)25(20-9-3-2-4-10-20)27(33)28-17-22-12-6-14-34-22/h2-16,25H,17-18H2,1H3,(H,28,33)(H,29,32)/t25-/m1/s1. The predicted molar refractivity (Wildman–Crippen MR) is 129 cm³/mol. The first-order valence-corrected chi connectivity index (χ1v) is 11.1. The zero-order chi connectivity index (χ0) is 24.6. The summed E-state index contributed by atoms with van der Waals surface area (Å²) in [6, 6.07) is 21.9. The van der Waals surface area contributed by atoms with Crippen LogP contribution in [0.1, 0.15) is 33.5 Å². The van der Waals surface area contributed by atoms with Crippen molar-refractivity contribution in [1.29, 1.82) is 0 Å². The van der Waals surface area contributed by atoms with Gasteiger partial charge in [0.2, 0.25) is 11.8 Å². The van der Waals surface area contributed by atoms with E-state index in [1.165, 1.54) is 23.5 Å². The Morgan fingerprint density at radius 2 is 1.63 bits per heavy atom. The number of carbonyl (C=O) groups excluding carboxylic acids is 3. The summed E-state index contributed by atoms with van der Waals surface area (Å²) in [5, 5.41) is 5.44. The molecule has 2 heterocycles. The summed E-state index contributed by atoms with van der Waals surface area (Å²) in [5.41, 5.74) is 2.07. The summed E-state index contributed by atoms with van der Waals surface area (Å²) < 4.78 is 10.4. The fourth-order valence-electron chi connectivity index (χ4n) is 3.69. The van der Waals surface area contributed by atoms with Gasteiger partial charge < -0.3 is 19.5 Å². The first-order valence-electron chi connectivity index (χ1n) is 11.1. The van der Waals surface area contributed by atoms with Crippen molar-refractivity contribution < 1.29 is 23.2 Å². The van der Waals surface area contributed by atoms with Crippen LogP contribution < -0.4 is 15.5 Å². The van der Waals surface area contributed by atoms with Crippen molar-refractivity contribution in [2.24, 2.45) is 0 Å². The molecule has 8 nitrogen and oxygen atoms in total. The Bertz CT molecular complexity index is 1270. The molecule has 0 bridgehead atoms. The minimum atomic E-state index is -0.985. The summed E-state index contributed by atoms with van der Waals surface area (Å²) in [4.78, 5) is 40.9. The van der Waals surface area contributed by atoms with Crippen LogP contribution in [-0.2, 0) is 16.1 Å². The van der Waals surface area contributed by atoms with E-state index < -0.39 is 17.9 Å². The largest absolute Gasteiger partial charge is 0.467 e. The van der Waals surface area contributed by atoms with Crippen molar-refractivity contribution in [1.82, 2.24) is 10.6 Å². The Labute approximate surface area is 202 Å². The molecule has 0 fully saturated rings. The SMILES string of the molecule is Cc1cccc(N(C(=O)CNC(=O)c2ccco2)[C@@H](C(=O)NCc2ccco2)c2ccccc2)c1. The molecular formula is C27H25N3O5. The molecule has 0 saturated heterocycles. The number of hydrogen-bond acceptors (Lipinski definition) is 5. The van der Waals surface area contributed by atoms with Crippen molar-refractivity contribution in [3.05, 3.63) is 114 Å². The molecule has 0 spiro atoms. The average Bonchev–Trinajstić information content (AvgIpc) is 3.59. The Morgan fingerprint density at radius 1 is 0.857 bits per heavy atom. The van der Waals surface area contributed by atoms with Gasteiger partial charge >= 0.3 is 0 Å². The number of aryl methyl sites for hydroxylation is 1. The van der Waals surface area contributed by atoms with Crippen LogP contribution in [0.4, 0.5) is 5.69 Å². The van der Waals surface area contributed by atoms with Gasteiger partial charge in [-0.15, -0.1) is 0 Å². The van der Waals surface area contributed by atoms with Crippen molar-refractivity contribution in [3.8, 4) is 0 Å². The molecule has 35 heavy (non-hydrogen) atoms. The molecule has 3 amide bonds. The number of benzene rings is 2. The summed E-state index contributed by atoms with van der Waals surface area (Å²) in [5.74, 6) is -0.691. The molecule has 0 radical (unpaired) electrons. The van der Waals surface area contributed by atoms with Gasteiger partial charge in [0, 0.05) is 5.69 Å². The Hall–Kier alpha value is -4.59. The topological polar surface area (TPSA) is 105 Å². The van der Waals surface area contributed by atoms with Gasteiger partial charge in [0.1, 0.15) is 11.8 Å². The van der Waals surface area contributed by atoms with Gasteiger partial charge in [-0.05, 0) is 54.4 Å². The normalized spacial score (nSPS) is 11.5. The number of nitrogens with one attached hydrogen (secondary N) is 2. The van der Waals surface area contributed by atoms with Crippen LogP contribution >= 0.6 is 0 Å². The van der Waals surface area contributed by atoms with Gasteiger partial charge in [0.25, 0.3) is 5.91 Å². The molecule has 0 aliphatic rings. The van der Waals surface area contributed by atoms with Crippen LogP contribution in [-0.4, -0.2) is 24.3 Å². The molecule has 178 valence electrons. The summed E-state index contributed by atoms with van der Waals surface area (Å²) >= 11 is 0. The Morgan fingerprint density at radius 3 is 2.31 bits per heavy atom. The minimum absolute atomic E-state index is 0.0932. The van der Waals surface area contributed by atoms with Crippen LogP contribution in [0.15, 0.2) is 100 Å². The van der Waals surface area contributed by atoms with Crippen molar-refractivity contribution >= 4 is 23.4 Å². The molecular weight excluding hydrogens is 446 g/mol. The number of carbonyl (C=O) groups is 3. The van der Waals surface area contributed by atoms with Gasteiger partial charge in [-0.1, -0.05) is 42.5 Å². The Kier molecular flexibility index (Phi) is 7.42. The van der Waals surface area contributed by atoms with Gasteiger partial charge in [-0.3, -0.25) is 19.3 Å². The molecule has 4 rings (SSSR count). The number of hydrogen-bond donors (Lipinski definition) is 2. The number of nitrogens with zero attached hydrogens (tertiary/aromatic N) is 1. The van der Waals surface area contributed by atoms with Crippen LogP contribution in [0.3, 0.4) is 0 Å². The highest BCUT2D eigenvalue weighted by molar-refractivity contribution is 6.04. The third-order valence-corrected chi connectivity index (χ3v) is 5.33. The highest BCUT2D eigenvalue weighted by atomic mass is 16.3. The lowest BCUT2D eigenvalue weighted by atomic mass is 10.0. The molecule has 0 unspecified atom stereocenters. The second kappa shape index (κ2) is 11.0. The zero-order valence-electron chi connectivity index (χ0n) is 19.1. The minimum Gasteiger partial charge on any atom is -0.467 e. The second-order valence-electron chi connectivity index (χ2n) is 7.87. The van der Waals surface area contributed by atoms with E-state index in [1.54, 1.807) is 48.5 Å². The lowest BCUT2D eigenvalue weighted by molar-refractivity contribution is -0.126. The molecule has 4 aromatic rings. The maximum absolute atomic E-state index is 13.6. The van der Waals surface area contributed by atoms with Crippen molar-refractivity contribution in [3.63, 3.8) is 0 Å². The van der Waals surface area contributed by atoms with E-state index in [-0.39, 0.29) is 24.8 Å². The third kappa shape index (κ3) is 5.86. The molecule has 2 N–H and O–H groups in total. The average molecular weight is 472 g/mol. The number of rotatable bonds is 9. The quantitative estimate of drug-likeness (QED) is 0.384. The van der Waals surface area contributed by atoms with Crippen LogP contribution in [0.5, 0.6) is 0 Å². The summed E-state index contributed by atoms with van der Waals surface area (Å²) in [6.07, 6.45) is 2.91. The molecule has 8 heteroatoms. The fourth-order valence-corrected chi connectivity index (χ4v) is 3.69. The highest BCUT2D eigenvalue weighted by Crippen LogP contribution is 2.29. The third-order valence-electron chi connectivity index (χ3n) is 5.33. The van der Waals surface area contributed by atoms with E-state index in [4.69, 9.17) is 8.83 Å². The lowest BCUT2D eigenvalue weighted by Gasteiger charge is -2.31. The van der Waals surface area contributed by atoms with E-state index >= 15 is 0 Å². The van der Waals surface area contributed by atoms with Crippen LogP contribution in [0.2, 0.25) is 0 Å². The van der Waals surface area contributed by atoms with Crippen molar-refractivity contribution in [2.75, 3.05) is 11.4 Å². The van der Waals surface area contributed by atoms with Gasteiger partial charge in [-0.25, -0.2) is 0 Å². The second-order valence-corrected chi connectivity index (χ2v) is 7.87. The monoisotopic (exact) mass is 471 g/mol. The first kappa shape index (κ1) is 23.6. The van der Waals surface area contributed by atoms with E-state index in [1.807, 2.05) is 31.2 Å². The highest BCUT2D eigenvalue weighted by Gasteiger charge is 2.33. The van der Waals surface area contributed by atoms with Crippen LogP contribution in [0.25, 0.3) is 0 Å². The van der Waals surface area contributed by atoms with Gasteiger partial charge in [0.15, 0.2) is 5.76 Å². The maximum atomic E-state index is 13.6. The fraction of sp³-hybridized carbons (Fsp3) is 0.148. The molecule has 2 aromatic carbocycles. The lowest BCUT2D eigenvalue weighted by Crippen LogP contribution is -2.47. The zero-order valence-corrected chi connectivity index (χ0v) is 19.1. The van der Waals surface area contributed by atoms with Crippen LogP contribution in [0, 0.1) is 6.92 Å². The molecule has 2 aromatic heterocycles. The Balaban J connectivity index is 1.65. The molecule has 1 atom stereocenters. The van der Waals surface area contributed by atoms with E-state index in [2.05, 4.69) is 10.6 Å². The maximum Gasteiger partial charge on any atom is 0.287 e. The molecule has 0 aliphatic carbocycles. The van der Waals surface area contributed by atoms with Gasteiger partial charge in [-0.2, -0.15) is 0 Å². The smallest absolute Gasteiger partial charge is 0.287 e. The van der Waals surface area contributed by atoms with Crippen molar-refractivity contribution in [2.45, 2.75) is 19.5 Å². The number of anilines is 1. The number of amides is 3. The summed E-state index contributed by atoms with van der Waals surface area (Å²) in [6.45, 7) is 1.74. The van der Waals surface area contributed by atoms with E-state index in [9.17, 15) is 14.4 Å². The first-order chi connectivity index (χ1) is 17.0. The molecule has 0 aliphatic heterocycles. The van der Waals surface area contributed by atoms with Gasteiger partial charge in [0.05, 0.1) is 25.6 Å². The van der Waals surface area contributed by atoms with E-state index in [0.29, 0.717) is 17.0 Å². The molecule has 0 saturated carbocycles. The summed E-state index contributed by atoms with van der Waals surface area (Å²) in [7, 11) is 0. The number of furan rings is 2. The van der Waals surface area contributed by atoms with E-state index in [0.717, 1.165) is 5.56 Å². The predicted octanol–water partition coefficient (Wildman–Crippen LogP) is 4.00.